The molecule has 0 aliphatic heterocycles. The Morgan fingerprint density at radius 3 is 1.94 bits per heavy atom. The lowest BCUT2D eigenvalue weighted by atomic mass is 10.1. The van der Waals surface area contributed by atoms with Crippen molar-refractivity contribution in [3.63, 3.8) is 0 Å². The molecule has 0 saturated heterocycles. The van der Waals surface area contributed by atoms with Gasteiger partial charge in [0.25, 0.3) is 0 Å². The fourth-order valence-electron chi connectivity index (χ4n) is 1.78. The van der Waals surface area contributed by atoms with Crippen LogP contribution in [0.4, 0.5) is 0 Å². The molecule has 1 atom stereocenters. The SMILES string of the molecule is CCCCCCCCO[P+](=O)CCCCCC. The van der Waals surface area contributed by atoms with E-state index in [0.717, 1.165) is 19.0 Å². The minimum Gasteiger partial charge on any atom is -0.146 e. The van der Waals surface area contributed by atoms with E-state index < -0.39 is 8.03 Å². The molecule has 0 aromatic heterocycles. The predicted octanol–water partition coefficient (Wildman–Crippen LogP) is 5.69. The van der Waals surface area contributed by atoms with Crippen molar-refractivity contribution < 1.29 is 9.09 Å². The van der Waals surface area contributed by atoms with Gasteiger partial charge in [-0.2, -0.15) is 0 Å². The molecule has 0 spiro atoms. The number of rotatable bonds is 13. The summed E-state index contributed by atoms with van der Waals surface area (Å²) < 4.78 is 16.8. The van der Waals surface area contributed by atoms with Crippen LogP contribution in [0.2, 0.25) is 0 Å². The quantitative estimate of drug-likeness (QED) is 0.314. The van der Waals surface area contributed by atoms with Crippen molar-refractivity contribution in [3.05, 3.63) is 0 Å². The summed E-state index contributed by atoms with van der Waals surface area (Å²) in [5, 5.41) is 0. The highest BCUT2D eigenvalue weighted by Crippen LogP contribution is 2.24. The van der Waals surface area contributed by atoms with Crippen LogP contribution in [0.3, 0.4) is 0 Å². The third-order valence-corrected chi connectivity index (χ3v) is 4.08. The van der Waals surface area contributed by atoms with E-state index in [-0.39, 0.29) is 0 Å². The predicted molar refractivity (Wildman–Crippen MR) is 75.9 cm³/mol. The van der Waals surface area contributed by atoms with Crippen LogP contribution in [0.25, 0.3) is 0 Å². The van der Waals surface area contributed by atoms with Crippen molar-refractivity contribution in [2.75, 3.05) is 12.8 Å². The van der Waals surface area contributed by atoms with Gasteiger partial charge in [0.1, 0.15) is 6.61 Å². The van der Waals surface area contributed by atoms with Gasteiger partial charge in [-0.15, -0.1) is 4.52 Å². The van der Waals surface area contributed by atoms with E-state index in [4.69, 9.17) is 4.52 Å². The van der Waals surface area contributed by atoms with E-state index in [2.05, 4.69) is 13.8 Å². The first kappa shape index (κ1) is 17.1. The summed E-state index contributed by atoms with van der Waals surface area (Å²) in [7, 11) is -1.37. The smallest absolute Gasteiger partial charge is 0.146 e. The Balaban J connectivity index is 3.11. The fraction of sp³-hybridized carbons (Fsp3) is 1.00. The lowest BCUT2D eigenvalue weighted by molar-refractivity contribution is 0.315. The van der Waals surface area contributed by atoms with Crippen molar-refractivity contribution >= 4 is 8.03 Å². The molecular formula is C14H30O2P+. The summed E-state index contributed by atoms with van der Waals surface area (Å²) in [5.74, 6) is 0. The molecule has 0 N–H and O–H groups in total. The molecule has 0 aliphatic rings. The normalized spacial score (nSPS) is 11.8. The maximum absolute atomic E-state index is 11.5. The average molecular weight is 261 g/mol. The first-order chi connectivity index (χ1) is 8.31. The average Bonchev–Trinajstić information content (AvgIpc) is 2.33. The van der Waals surface area contributed by atoms with Crippen molar-refractivity contribution in [1.29, 1.82) is 0 Å². The Morgan fingerprint density at radius 2 is 1.29 bits per heavy atom. The third kappa shape index (κ3) is 14.0. The maximum atomic E-state index is 11.5. The molecule has 0 amide bonds. The minimum absolute atomic E-state index is 0.690. The molecule has 0 radical (unpaired) electrons. The fourth-order valence-corrected chi connectivity index (χ4v) is 2.72. The zero-order valence-corrected chi connectivity index (χ0v) is 12.6. The molecule has 102 valence electrons. The molecule has 0 saturated carbocycles. The van der Waals surface area contributed by atoms with Crippen molar-refractivity contribution in [2.45, 2.75) is 78.1 Å². The number of hydrogen-bond acceptors (Lipinski definition) is 2. The standard InChI is InChI=1S/C14H30O2P/c1-3-5-7-9-10-11-13-16-17(15)14-12-8-6-4-2/h3-14H2,1-2H3/q+1. The van der Waals surface area contributed by atoms with Gasteiger partial charge in [0.05, 0.1) is 0 Å². The second kappa shape index (κ2) is 14.1. The van der Waals surface area contributed by atoms with Gasteiger partial charge in [-0.1, -0.05) is 58.8 Å². The van der Waals surface area contributed by atoms with E-state index in [1.165, 1.54) is 51.4 Å². The molecule has 0 aromatic carbocycles. The molecule has 0 heterocycles. The molecule has 0 bridgehead atoms. The van der Waals surface area contributed by atoms with Crippen LogP contribution in [0, 0.1) is 0 Å². The summed E-state index contributed by atoms with van der Waals surface area (Å²) in [5.41, 5.74) is 0. The van der Waals surface area contributed by atoms with Gasteiger partial charge in [0.2, 0.25) is 0 Å². The molecule has 0 rings (SSSR count). The van der Waals surface area contributed by atoms with Gasteiger partial charge in [0, 0.05) is 0 Å². The van der Waals surface area contributed by atoms with Crippen LogP contribution in [-0.2, 0) is 9.09 Å². The molecule has 0 aromatic rings. The van der Waals surface area contributed by atoms with E-state index >= 15 is 0 Å². The van der Waals surface area contributed by atoms with Gasteiger partial charge < -0.3 is 0 Å². The zero-order valence-electron chi connectivity index (χ0n) is 11.7. The second-order valence-corrected chi connectivity index (χ2v) is 6.09. The third-order valence-electron chi connectivity index (χ3n) is 2.93. The Labute approximate surface area is 108 Å². The van der Waals surface area contributed by atoms with Gasteiger partial charge >= 0.3 is 8.03 Å². The van der Waals surface area contributed by atoms with E-state index in [9.17, 15) is 4.57 Å². The lowest BCUT2D eigenvalue weighted by Crippen LogP contribution is -1.90. The van der Waals surface area contributed by atoms with Crippen LogP contribution < -0.4 is 0 Å². The summed E-state index contributed by atoms with van der Waals surface area (Å²) in [6.45, 7) is 5.11. The molecule has 1 unspecified atom stereocenters. The van der Waals surface area contributed by atoms with Gasteiger partial charge in [-0.05, 0) is 23.8 Å². The van der Waals surface area contributed by atoms with Gasteiger partial charge in [0.15, 0.2) is 6.16 Å². The molecule has 0 fully saturated rings. The Hall–Kier alpha value is 0.0600. The zero-order chi connectivity index (χ0) is 12.8. The van der Waals surface area contributed by atoms with Gasteiger partial charge in [-0.25, -0.2) is 0 Å². The maximum Gasteiger partial charge on any atom is 0.508 e. The van der Waals surface area contributed by atoms with Crippen molar-refractivity contribution in [2.24, 2.45) is 0 Å². The highest BCUT2D eigenvalue weighted by molar-refractivity contribution is 7.39. The summed E-state index contributed by atoms with van der Waals surface area (Å²) in [4.78, 5) is 0. The molecule has 17 heavy (non-hydrogen) atoms. The van der Waals surface area contributed by atoms with Gasteiger partial charge in [-0.3, -0.25) is 0 Å². The largest absolute Gasteiger partial charge is 0.508 e. The van der Waals surface area contributed by atoms with Crippen molar-refractivity contribution in [3.8, 4) is 0 Å². The Bertz CT molecular complexity index is 172. The highest BCUT2D eigenvalue weighted by Gasteiger charge is 2.15. The first-order valence-electron chi connectivity index (χ1n) is 7.38. The molecule has 2 nitrogen and oxygen atoms in total. The number of unbranched alkanes of at least 4 members (excludes halogenated alkanes) is 8. The molecule has 0 aliphatic carbocycles. The Morgan fingerprint density at radius 1 is 0.765 bits per heavy atom. The van der Waals surface area contributed by atoms with Crippen LogP contribution in [-0.4, -0.2) is 12.8 Å². The van der Waals surface area contributed by atoms with Crippen LogP contribution in [0.5, 0.6) is 0 Å². The molecule has 3 heteroatoms. The second-order valence-electron chi connectivity index (χ2n) is 4.72. The van der Waals surface area contributed by atoms with Crippen molar-refractivity contribution in [1.82, 2.24) is 0 Å². The number of hydrogen-bond donors (Lipinski definition) is 0. The summed E-state index contributed by atoms with van der Waals surface area (Å²) >= 11 is 0. The summed E-state index contributed by atoms with van der Waals surface area (Å²) in [6.07, 6.45) is 13.0. The topological polar surface area (TPSA) is 26.3 Å². The summed E-state index contributed by atoms with van der Waals surface area (Å²) in [6, 6.07) is 0. The lowest BCUT2D eigenvalue weighted by Gasteiger charge is -1.97. The monoisotopic (exact) mass is 261 g/mol. The first-order valence-corrected chi connectivity index (χ1v) is 8.75. The Kier molecular flexibility index (Phi) is 14.2. The minimum atomic E-state index is -1.37. The van der Waals surface area contributed by atoms with E-state index in [0.29, 0.717) is 6.61 Å². The highest BCUT2D eigenvalue weighted by atomic mass is 31.1. The van der Waals surface area contributed by atoms with E-state index in [1.807, 2.05) is 0 Å². The molecular weight excluding hydrogens is 231 g/mol. The van der Waals surface area contributed by atoms with Crippen LogP contribution in [0.1, 0.15) is 78.1 Å². The van der Waals surface area contributed by atoms with E-state index in [1.54, 1.807) is 0 Å². The van der Waals surface area contributed by atoms with Crippen LogP contribution >= 0.6 is 8.03 Å². The van der Waals surface area contributed by atoms with Crippen LogP contribution in [0.15, 0.2) is 0 Å².